The first-order chi connectivity index (χ1) is 13.4. The van der Waals surface area contributed by atoms with Crippen LogP contribution in [0.4, 0.5) is 11.4 Å². The number of anilines is 2. The lowest BCUT2D eigenvalue weighted by atomic mass is 10.1. The first kappa shape index (κ1) is 19.5. The van der Waals surface area contributed by atoms with Crippen molar-refractivity contribution in [2.75, 3.05) is 10.6 Å². The Hall–Kier alpha value is -3.26. The summed E-state index contributed by atoms with van der Waals surface area (Å²) in [6.45, 7) is 1.02. The Bertz CT molecular complexity index is 1080. The average molecular weight is 441 g/mol. The van der Waals surface area contributed by atoms with E-state index in [2.05, 4.69) is 31.7 Å². The van der Waals surface area contributed by atoms with Crippen LogP contribution in [-0.4, -0.2) is 21.6 Å². The van der Waals surface area contributed by atoms with Gasteiger partial charge in [-0.25, -0.2) is 4.68 Å². The Morgan fingerprint density at radius 2 is 1.79 bits per heavy atom. The van der Waals surface area contributed by atoms with Gasteiger partial charge in [-0.05, 0) is 24.3 Å². The van der Waals surface area contributed by atoms with E-state index in [4.69, 9.17) is 0 Å². The monoisotopic (exact) mass is 440 g/mol. The largest absolute Gasteiger partial charge is 0.324 e. The van der Waals surface area contributed by atoms with Crippen LogP contribution in [0.25, 0.3) is 11.3 Å². The van der Waals surface area contributed by atoms with Crippen LogP contribution in [0.5, 0.6) is 0 Å². The zero-order valence-corrected chi connectivity index (χ0v) is 16.6. The Balaban J connectivity index is 1.93. The average Bonchev–Trinajstić information content (AvgIpc) is 2.65. The van der Waals surface area contributed by atoms with Crippen LogP contribution >= 0.6 is 15.9 Å². The molecule has 0 spiro atoms. The summed E-state index contributed by atoms with van der Waals surface area (Å²) in [5, 5.41) is 9.52. The number of nitrogens with zero attached hydrogens (tertiary/aromatic N) is 2. The molecule has 0 unspecified atom stereocenters. The summed E-state index contributed by atoms with van der Waals surface area (Å²) < 4.78 is 1.86. The molecule has 0 fully saturated rings. The molecule has 8 heteroatoms. The summed E-state index contributed by atoms with van der Waals surface area (Å²) in [5.74, 6) is -0.792. The van der Waals surface area contributed by atoms with Gasteiger partial charge >= 0.3 is 0 Å². The van der Waals surface area contributed by atoms with Crippen LogP contribution in [0, 0.1) is 0 Å². The van der Waals surface area contributed by atoms with Gasteiger partial charge in [0.1, 0.15) is 12.2 Å². The van der Waals surface area contributed by atoms with Gasteiger partial charge in [0.25, 0.3) is 5.56 Å². The number of aromatic nitrogens is 2. The Kier molecular flexibility index (Phi) is 6.00. The van der Waals surface area contributed by atoms with Crippen molar-refractivity contribution in [3.05, 3.63) is 75.5 Å². The van der Waals surface area contributed by atoms with Crippen molar-refractivity contribution in [1.29, 1.82) is 0 Å². The number of nitrogens with one attached hydrogen (secondary N) is 2. The van der Waals surface area contributed by atoms with Crippen molar-refractivity contribution in [3.8, 4) is 11.3 Å². The van der Waals surface area contributed by atoms with Crippen molar-refractivity contribution in [2.24, 2.45) is 0 Å². The summed E-state index contributed by atoms with van der Waals surface area (Å²) in [7, 11) is 0. The van der Waals surface area contributed by atoms with Crippen LogP contribution in [0.1, 0.15) is 6.92 Å². The Morgan fingerprint density at radius 1 is 1.04 bits per heavy atom. The van der Waals surface area contributed by atoms with Crippen molar-refractivity contribution in [3.63, 3.8) is 0 Å². The second kappa shape index (κ2) is 8.62. The topological polar surface area (TPSA) is 93.1 Å². The highest BCUT2D eigenvalue weighted by Gasteiger charge is 2.14. The van der Waals surface area contributed by atoms with Gasteiger partial charge < -0.3 is 10.6 Å². The minimum Gasteiger partial charge on any atom is -0.324 e. The van der Waals surface area contributed by atoms with Crippen molar-refractivity contribution < 1.29 is 9.59 Å². The molecule has 28 heavy (non-hydrogen) atoms. The van der Waals surface area contributed by atoms with Crippen LogP contribution in [0.2, 0.25) is 0 Å². The molecule has 0 aliphatic rings. The maximum absolute atomic E-state index is 12.6. The number of amides is 2. The first-order valence-corrected chi connectivity index (χ1v) is 9.22. The van der Waals surface area contributed by atoms with E-state index in [9.17, 15) is 14.4 Å². The number of carbonyl (C=O) groups is 2. The fourth-order valence-corrected chi connectivity index (χ4v) is 2.98. The number of hydrogen-bond donors (Lipinski definition) is 2. The lowest BCUT2D eigenvalue weighted by Gasteiger charge is -2.11. The predicted octanol–water partition coefficient (Wildman–Crippen LogP) is 3.27. The van der Waals surface area contributed by atoms with Crippen LogP contribution in [0.15, 0.2) is 69.9 Å². The highest BCUT2D eigenvalue weighted by molar-refractivity contribution is 9.10. The summed E-state index contributed by atoms with van der Waals surface area (Å²) in [6, 6.07) is 17.8. The van der Waals surface area contributed by atoms with E-state index < -0.39 is 11.5 Å². The predicted molar refractivity (Wildman–Crippen MR) is 111 cm³/mol. The van der Waals surface area contributed by atoms with Gasteiger partial charge in [0.05, 0.1) is 5.69 Å². The number of benzene rings is 2. The standard InChI is InChI=1S/C20H17BrN4O3/c1-13(26)22-18-11-17(14-6-3-2-4-7-14)24-25(20(18)28)12-19(27)23-16-9-5-8-15(21)10-16/h2-11H,12H2,1H3,(H,22,26)(H,23,27). The fourth-order valence-electron chi connectivity index (χ4n) is 2.58. The lowest BCUT2D eigenvalue weighted by Crippen LogP contribution is -2.32. The molecule has 0 bridgehead atoms. The maximum Gasteiger partial charge on any atom is 0.291 e. The van der Waals surface area contributed by atoms with Gasteiger partial charge in [-0.3, -0.25) is 14.4 Å². The molecule has 3 aromatic rings. The third-order valence-corrected chi connectivity index (χ3v) is 4.25. The van der Waals surface area contributed by atoms with Gasteiger partial charge in [0.2, 0.25) is 11.8 Å². The van der Waals surface area contributed by atoms with E-state index in [1.165, 1.54) is 13.0 Å². The SMILES string of the molecule is CC(=O)Nc1cc(-c2ccccc2)nn(CC(=O)Nc2cccc(Br)c2)c1=O. The maximum atomic E-state index is 12.6. The van der Waals surface area contributed by atoms with E-state index in [1.807, 2.05) is 36.4 Å². The number of halogens is 1. The van der Waals surface area contributed by atoms with Crippen molar-refractivity contribution >= 4 is 39.1 Å². The molecule has 2 N–H and O–H groups in total. The molecule has 0 atom stereocenters. The molecule has 3 rings (SSSR count). The van der Waals surface area contributed by atoms with Gasteiger partial charge in [0.15, 0.2) is 0 Å². The molecule has 0 radical (unpaired) electrons. The van der Waals surface area contributed by atoms with E-state index in [1.54, 1.807) is 18.2 Å². The quantitative estimate of drug-likeness (QED) is 0.636. The van der Waals surface area contributed by atoms with Gasteiger partial charge in [0, 0.05) is 22.6 Å². The molecule has 1 heterocycles. The smallest absolute Gasteiger partial charge is 0.291 e. The van der Waals surface area contributed by atoms with Gasteiger partial charge in [-0.2, -0.15) is 5.10 Å². The summed E-state index contributed by atoms with van der Waals surface area (Å²) >= 11 is 3.34. The van der Waals surface area contributed by atoms with Crippen molar-refractivity contribution in [2.45, 2.75) is 13.5 Å². The number of rotatable bonds is 5. The van der Waals surface area contributed by atoms with Gasteiger partial charge in [-0.15, -0.1) is 0 Å². The minimum atomic E-state index is -0.556. The molecule has 142 valence electrons. The fraction of sp³-hybridized carbons (Fsp3) is 0.100. The molecular formula is C20H17BrN4O3. The third kappa shape index (κ3) is 4.92. The van der Waals surface area contributed by atoms with Crippen LogP contribution < -0.4 is 16.2 Å². The first-order valence-electron chi connectivity index (χ1n) is 8.43. The highest BCUT2D eigenvalue weighted by Crippen LogP contribution is 2.18. The number of hydrogen-bond acceptors (Lipinski definition) is 4. The Labute approximate surface area is 169 Å². The molecular weight excluding hydrogens is 424 g/mol. The minimum absolute atomic E-state index is 0.0663. The summed E-state index contributed by atoms with van der Waals surface area (Å²) in [5.41, 5.74) is 1.33. The highest BCUT2D eigenvalue weighted by atomic mass is 79.9. The summed E-state index contributed by atoms with van der Waals surface area (Å²) in [6.07, 6.45) is 0. The van der Waals surface area contributed by atoms with Crippen LogP contribution in [0.3, 0.4) is 0 Å². The summed E-state index contributed by atoms with van der Waals surface area (Å²) in [4.78, 5) is 36.5. The molecule has 0 aliphatic heterocycles. The molecule has 2 amide bonds. The zero-order chi connectivity index (χ0) is 20.1. The number of carbonyl (C=O) groups excluding carboxylic acids is 2. The van der Waals surface area contributed by atoms with E-state index in [-0.39, 0.29) is 18.1 Å². The second-order valence-electron chi connectivity index (χ2n) is 6.01. The molecule has 0 saturated heterocycles. The molecule has 0 saturated carbocycles. The lowest BCUT2D eigenvalue weighted by molar-refractivity contribution is -0.117. The van der Waals surface area contributed by atoms with E-state index in [0.717, 1.165) is 14.7 Å². The molecule has 2 aromatic carbocycles. The molecule has 1 aromatic heterocycles. The van der Waals surface area contributed by atoms with E-state index >= 15 is 0 Å². The molecule has 0 aliphatic carbocycles. The zero-order valence-electron chi connectivity index (χ0n) is 15.0. The van der Waals surface area contributed by atoms with Crippen LogP contribution in [-0.2, 0) is 16.1 Å². The normalized spacial score (nSPS) is 10.4. The Morgan fingerprint density at radius 3 is 2.46 bits per heavy atom. The molecule has 7 nitrogen and oxygen atoms in total. The second-order valence-corrected chi connectivity index (χ2v) is 6.93. The van der Waals surface area contributed by atoms with Crippen molar-refractivity contribution in [1.82, 2.24) is 9.78 Å². The van der Waals surface area contributed by atoms with E-state index in [0.29, 0.717) is 11.4 Å². The third-order valence-electron chi connectivity index (χ3n) is 3.76. The van der Waals surface area contributed by atoms with Gasteiger partial charge in [-0.1, -0.05) is 52.3 Å².